The monoisotopic (exact) mass is 427 g/mol. The van der Waals surface area contributed by atoms with Gasteiger partial charge in [-0.15, -0.1) is 0 Å². The van der Waals surface area contributed by atoms with E-state index in [1.807, 2.05) is 22.9 Å². The fourth-order valence-electron chi connectivity index (χ4n) is 4.02. The summed E-state index contributed by atoms with van der Waals surface area (Å²) in [6, 6.07) is 5.98. The lowest BCUT2D eigenvalue weighted by molar-refractivity contribution is -0.137. The number of urea groups is 1. The number of imide groups is 1. The highest BCUT2D eigenvalue weighted by molar-refractivity contribution is 6.10. The first-order chi connectivity index (χ1) is 14.9. The maximum atomic E-state index is 13.2. The van der Waals surface area contributed by atoms with Crippen LogP contribution in [0.4, 0.5) is 10.5 Å². The number of ether oxygens (including phenoxy) is 2. The van der Waals surface area contributed by atoms with Crippen LogP contribution in [0.5, 0.6) is 0 Å². The summed E-state index contributed by atoms with van der Waals surface area (Å²) in [6.07, 6.45) is 1.25. The number of aliphatic imine (C=N–C) groups is 1. The Labute approximate surface area is 180 Å². The zero-order valence-electron chi connectivity index (χ0n) is 17.9. The molecular weight excluding hydrogens is 402 g/mol. The van der Waals surface area contributed by atoms with Crippen molar-refractivity contribution in [1.29, 1.82) is 0 Å². The highest BCUT2D eigenvalue weighted by Crippen LogP contribution is 2.36. The quantitative estimate of drug-likeness (QED) is 0.634. The molecule has 0 saturated carbocycles. The number of nitrogens with zero attached hydrogens (tertiary/aromatic N) is 5. The highest BCUT2D eigenvalue weighted by atomic mass is 16.5. The van der Waals surface area contributed by atoms with Gasteiger partial charge in [0, 0.05) is 31.7 Å². The van der Waals surface area contributed by atoms with Gasteiger partial charge in [0.2, 0.25) is 5.96 Å². The maximum Gasteiger partial charge on any atom is 0.338 e. The molecule has 1 aromatic carbocycles. The number of carbonyl (C=O) groups is 3. The van der Waals surface area contributed by atoms with E-state index < -0.39 is 12.2 Å². The molecule has 164 valence electrons. The Kier molecular flexibility index (Phi) is 5.40. The highest BCUT2D eigenvalue weighted by Gasteiger charge is 2.54. The van der Waals surface area contributed by atoms with Crippen molar-refractivity contribution >= 4 is 29.6 Å². The molecule has 0 aromatic heterocycles. The number of allylic oxidation sites excluding steroid dienone is 1. The van der Waals surface area contributed by atoms with Crippen molar-refractivity contribution in [3.05, 3.63) is 41.7 Å². The molecule has 0 spiro atoms. The summed E-state index contributed by atoms with van der Waals surface area (Å²) in [6.45, 7) is 4.44. The molecule has 10 heteroatoms. The van der Waals surface area contributed by atoms with Gasteiger partial charge >= 0.3 is 12.0 Å². The number of likely N-dealkylation sites (N-methyl/N-ethyl adjacent to an activating group) is 1. The number of hydrogen-bond acceptors (Lipinski definition) is 8. The zero-order chi connectivity index (χ0) is 22.3. The number of methoxy groups -OCH3 is 1. The molecule has 0 radical (unpaired) electrons. The number of carbonyl (C=O) groups excluding carboxylic acids is 3. The Morgan fingerprint density at radius 3 is 2.55 bits per heavy atom. The lowest BCUT2D eigenvalue weighted by Gasteiger charge is -2.40. The summed E-state index contributed by atoms with van der Waals surface area (Å²) in [5.41, 5.74) is 2.12. The molecule has 0 aliphatic carbocycles. The van der Waals surface area contributed by atoms with Crippen LogP contribution in [-0.4, -0.2) is 84.7 Å². The van der Waals surface area contributed by atoms with Gasteiger partial charge in [-0.05, 0) is 38.1 Å². The second-order valence-corrected chi connectivity index (χ2v) is 7.44. The smallest absolute Gasteiger partial charge is 0.338 e. The van der Waals surface area contributed by atoms with Crippen LogP contribution in [0, 0.1) is 0 Å². The molecule has 31 heavy (non-hydrogen) atoms. The number of benzene rings is 1. The van der Waals surface area contributed by atoms with Gasteiger partial charge in [-0.3, -0.25) is 14.6 Å². The molecule has 0 bridgehead atoms. The molecule has 1 aromatic rings. The van der Waals surface area contributed by atoms with E-state index in [2.05, 4.69) is 0 Å². The summed E-state index contributed by atoms with van der Waals surface area (Å²) in [5, 5.41) is 0. The molecule has 3 aliphatic rings. The van der Waals surface area contributed by atoms with Crippen molar-refractivity contribution in [1.82, 2.24) is 14.7 Å². The molecule has 1 saturated heterocycles. The van der Waals surface area contributed by atoms with Gasteiger partial charge in [-0.1, -0.05) is 0 Å². The van der Waals surface area contributed by atoms with Crippen LogP contribution in [0.1, 0.15) is 24.2 Å². The minimum absolute atomic E-state index is 0.187. The molecule has 4 rings (SSSR count). The predicted octanol–water partition coefficient (Wildman–Crippen LogP) is 1.45. The molecule has 2 unspecified atom stereocenters. The first-order valence-corrected chi connectivity index (χ1v) is 10.1. The molecule has 3 aliphatic heterocycles. The van der Waals surface area contributed by atoms with E-state index in [4.69, 9.17) is 14.5 Å². The van der Waals surface area contributed by atoms with E-state index in [1.54, 1.807) is 38.2 Å². The first-order valence-electron chi connectivity index (χ1n) is 10.1. The van der Waals surface area contributed by atoms with Crippen molar-refractivity contribution in [3.8, 4) is 0 Å². The number of esters is 1. The summed E-state index contributed by atoms with van der Waals surface area (Å²) in [5.74, 6) is -0.110. The van der Waals surface area contributed by atoms with Crippen LogP contribution in [0.3, 0.4) is 0 Å². The van der Waals surface area contributed by atoms with E-state index in [0.29, 0.717) is 18.1 Å². The van der Waals surface area contributed by atoms with Crippen molar-refractivity contribution < 1.29 is 23.9 Å². The fourth-order valence-corrected chi connectivity index (χ4v) is 4.02. The van der Waals surface area contributed by atoms with Crippen LogP contribution in [0.25, 0.3) is 0 Å². The molecule has 0 N–H and O–H groups in total. The largest absolute Gasteiger partial charge is 0.462 e. The standard InChI is InChI=1S/C21H25N5O5/c1-5-31-19(28)14-6-8-15(9-7-14)26-13(2)12-25-16-17(22-20(25)26)23(3)21(29)24(18(16)27)10-11-30-4/h6-9,12,16-17H,5,10-11H2,1-4H3. The fraction of sp³-hybridized carbons (Fsp3) is 0.429. The Morgan fingerprint density at radius 1 is 1.19 bits per heavy atom. The van der Waals surface area contributed by atoms with Crippen LogP contribution in [0.2, 0.25) is 0 Å². The van der Waals surface area contributed by atoms with Gasteiger partial charge in [0.05, 0.1) is 25.3 Å². The Balaban J connectivity index is 1.62. The number of fused-ring (bicyclic) bond motifs is 3. The minimum Gasteiger partial charge on any atom is -0.462 e. The van der Waals surface area contributed by atoms with E-state index in [-0.39, 0.29) is 31.1 Å². The van der Waals surface area contributed by atoms with Gasteiger partial charge < -0.3 is 19.3 Å². The van der Waals surface area contributed by atoms with Gasteiger partial charge in [0.25, 0.3) is 5.91 Å². The van der Waals surface area contributed by atoms with Crippen molar-refractivity contribution in [2.75, 3.05) is 38.8 Å². The molecule has 3 amide bonds. The summed E-state index contributed by atoms with van der Waals surface area (Å²) in [7, 11) is 3.17. The Bertz CT molecular complexity index is 973. The van der Waals surface area contributed by atoms with Crippen molar-refractivity contribution in [2.45, 2.75) is 26.1 Å². The molecule has 2 atom stereocenters. The lowest BCUT2D eigenvalue weighted by atomic mass is 10.1. The Hall–Kier alpha value is -3.40. The third kappa shape index (κ3) is 3.32. The van der Waals surface area contributed by atoms with Crippen LogP contribution in [0.15, 0.2) is 41.2 Å². The molecular formula is C21H25N5O5. The topological polar surface area (TPSA) is 95.0 Å². The minimum atomic E-state index is -0.631. The summed E-state index contributed by atoms with van der Waals surface area (Å²) >= 11 is 0. The van der Waals surface area contributed by atoms with E-state index >= 15 is 0 Å². The van der Waals surface area contributed by atoms with Gasteiger partial charge in [0.15, 0.2) is 12.2 Å². The SMILES string of the molecule is CCOC(=O)c1ccc(N2C(C)=CN3C2=NC2C3C(=O)N(CCOC)C(=O)N2C)cc1. The molecule has 1 fully saturated rings. The molecule has 3 heterocycles. The normalized spacial score (nSPS) is 22.5. The lowest BCUT2D eigenvalue weighted by Crippen LogP contribution is -2.64. The van der Waals surface area contributed by atoms with E-state index in [9.17, 15) is 14.4 Å². The number of guanidine groups is 1. The number of hydrogen-bond donors (Lipinski definition) is 0. The van der Waals surface area contributed by atoms with Gasteiger partial charge in [-0.2, -0.15) is 0 Å². The number of anilines is 1. The van der Waals surface area contributed by atoms with Gasteiger partial charge in [-0.25, -0.2) is 14.6 Å². The van der Waals surface area contributed by atoms with E-state index in [1.165, 1.54) is 16.9 Å². The number of amides is 3. The third-order valence-electron chi connectivity index (χ3n) is 5.54. The molecule has 10 nitrogen and oxygen atoms in total. The third-order valence-corrected chi connectivity index (χ3v) is 5.54. The summed E-state index contributed by atoms with van der Waals surface area (Å²) < 4.78 is 10.1. The predicted molar refractivity (Wildman–Crippen MR) is 112 cm³/mol. The van der Waals surface area contributed by atoms with E-state index in [0.717, 1.165) is 11.4 Å². The zero-order valence-corrected chi connectivity index (χ0v) is 17.9. The average molecular weight is 427 g/mol. The Morgan fingerprint density at radius 2 is 1.90 bits per heavy atom. The second-order valence-electron chi connectivity index (χ2n) is 7.44. The van der Waals surface area contributed by atoms with Crippen LogP contribution < -0.4 is 4.90 Å². The van der Waals surface area contributed by atoms with Crippen molar-refractivity contribution in [2.24, 2.45) is 4.99 Å². The van der Waals surface area contributed by atoms with Gasteiger partial charge in [0.1, 0.15) is 0 Å². The van der Waals surface area contributed by atoms with Crippen LogP contribution >= 0.6 is 0 Å². The first kappa shape index (κ1) is 20.9. The second kappa shape index (κ2) is 8.03. The van der Waals surface area contributed by atoms with Crippen molar-refractivity contribution in [3.63, 3.8) is 0 Å². The summed E-state index contributed by atoms with van der Waals surface area (Å²) in [4.78, 5) is 48.9. The number of rotatable bonds is 6. The average Bonchev–Trinajstić information content (AvgIpc) is 3.27. The maximum absolute atomic E-state index is 13.2. The van der Waals surface area contributed by atoms with Crippen LogP contribution in [-0.2, 0) is 14.3 Å².